The molecule has 90 valence electrons. The van der Waals surface area contributed by atoms with Crippen LogP contribution < -0.4 is 0 Å². The van der Waals surface area contributed by atoms with Gasteiger partial charge in [0.25, 0.3) is 5.91 Å². The van der Waals surface area contributed by atoms with Gasteiger partial charge >= 0.3 is 5.88 Å². The summed E-state index contributed by atoms with van der Waals surface area (Å²) in [6, 6.07) is 2.31. The maximum Gasteiger partial charge on any atom is 0.433 e. The Morgan fingerprint density at radius 2 is 2.18 bits per heavy atom. The molecule has 0 radical (unpaired) electrons. The normalized spacial score (nSPS) is 16.0. The Kier molecular flexibility index (Phi) is 2.90. The van der Waals surface area contributed by atoms with Gasteiger partial charge in [0, 0.05) is 13.0 Å². The van der Waals surface area contributed by atoms with Gasteiger partial charge in [0.2, 0.25) is 5.91 Å². The summed E-state index contributed by atoms with van der Waals surface area (Å²) in [4.78, 5) is 34.1. The second-order valence-electron chi connectivity index (χ2n) is 3.70. The van der Waals surface area contributed by atoms with Gasteiger partial charge in [-0.25, -0.2) is 0 Å². The summed E-state index contributed by atoms with van der Waals surface area (Å²) in [7, 11) is 0. The lowest BCUT2D eigenvalue weighted by Gasteiger charge is -2.23. The van der Waals surface area contributed by atoms with Crippen LogP contribution in [0.3, 0.4) is 0 Å². The molecule has 7 nitrogen and oxygen atoms in total. The first-order chi connectivity index (χ1) is 8.09. The summed E-state index contributed by atoms with van der Waals surface area (Å²) >= 11 is 0. The molecule has 17 heavy (non-hydrogen) atoms. The lowest BCUT2D eigenvalue weighted by Crippen LogP contribution is -2.40. The van der Waals surface area contributed by atoms with Crippen LogP contribution in [0.5, 0.6) is 0 Å². The molecule has 2 amide bonds. The predicted molar refractivity (Wildman–Crippen MR) is 55.3 cm³/mol. The number of rotatable bonds is 2. The fourth-order valence-electron chi connectivity index (χ4n) is 1.69. The van der Waals surface area contributed by atoms with Crippen LogP contribution in [0.2, 0.25) is 0 Å². The minimum atomic E-state index is -0.727. The van der Waals surface area contributed by atoms with Gasteiger partial charge in [-0.3, -0.25) is 24.6 Å². The topological polar surface area (TPSA) is 93.7 Å². The third kappa shape index (κ3) is 2.17. The molecular weight excluding hydrogens is 228 g/mol. The summed E-state index contributed by atoms with van der Waals surface area (Å²) in [6.07, 6.45) is 1.84. The molecule has 1 saturated heterocycles. The van der Waals surface area contributed by atoms with Crippen LogP contribution in [0.25, 0.3) is 0 Å². The molecule has 7 heteroatoms. The molecule has 1 aliphatic heterocycles. The highest BCUT2D eigenvalue weighted by Crippen LogP contribution is 2.19. The van der Waals surface area contributed by atoms with Gasteiger partial charge in [-0.15, -0.1) is 0 Å². The number of hydrogen-bond donors (Lipinski definition) is 0. The third-order valence-electron chi connectivity index (χ3n) is 2.55. The van der Waals surface area contributed by atoms with Gasteiger partial charge in [-0.1, -0.05) is 0 Å². The number of carbonyl (C=O) groups excluding carboxylic acids is 2. The number of amides is 2. The van der Waals surface area contributed by atoms with E-state index in [0.29, 0.717) is 13.0 Å². The van der Waals surface area contributed by atoms with Crippen molar-refractivity contribution in [3.05, 3.63) is 28.0 Å². The van der Waals surface area contributed by atoms with Crippen LogP contribution in [-0.4, -0.2) is 28.2 Å². The lowest BCUT2D eigenvalue weighted by atomic mass is 10.1. The monoisotopic (exact) mass is 238 g/mol. The number of hydrogen-bond acceptors (Lipinski definition) is 5. The molecule has 0 unspecified atom stereocenters. The average Bonchev–Trinajstić information content (AvgIpc) is 2.78. The second kappa shape index (κ2) is 4.36. The zero-order chi connectivity index (χ0) is 12.4. The van der Waals surface area contributed by atoms with E-state index in [1.54, 1.807) is 0 Å². The number of piperidine rings is 1. The number of furan rings is 1. The van der Waals surface area contributed by atoms with Crippen molar-refractivity contribution in [2.75, 3.05) is 6.54 Å². The Hall–Kier alpha value is -2.18. The predicted octanol–water partition coefficient (Wildman–Crippen LogP) is 1.34. The van der Waals surface area contributed by atoms with Crippen molar-refractivity contribution >= 4 is 17.7 Å². The van der Waals surface area contributed by atoms with E-state index in [-0.39, 0.29) is 11.7 Å². The number of imide groups is 1. The number of nitro groups is 1. The largest absolute Gasteiger partial charge is 0.433 e. The van der Waals surface area contributed by atoms with Gasteiger partial charge in [0.1, 0.15) is 4.92 Å². The van der Waals surface area contributed by atoms with E-state index in [4.69, 9.17) is 4.42 Å². The van der Waals surface area contributed by atoms with E-state index in [1.807, 2.05) is 0 Å². The van der Waals surface area contributed by atoms with Crippen LogP contribution in [0.4, 0.5) is 5.88 Å². The van der Waals surface area contributed by atoms with Crippen LogP contribution in [0, 0.1) is 10.1 Å². The van der Waals surface area contributed by atoms with Crippen molar-refractivity contribution < 1.29 is 18.9 Å². The first-order valence-corrected chi connectivity index (χ1v) is 5.18. The molecule has 2 rings (SSSR count). The molecule has 1 fully saturated rings. The van der Waals surface area contributed by atoms with Crippen molar-refractivity contribution in [2.24, 2.45) is 0 Å². The first kappa shape index (κ1) is 11.3. The number of likely N-dealkylation sites (tertiary alicyclic amines) is 1. The zero-order valence-corrected chi connectivity index (χ0v) is 8.92. The first-order valence-electron chi connectivity index (χ1n) is 5.18. The zero-order valence-electron chi connectivity index (χ0n) is 8.92. The van der Waals surface area contributed by atoms with Gasteiger partial charge in [-0.2, -0.15) is 0 Å². The maximum absolute atomic E-state index is 11.8. The third-order valence-corrected chi connectivity index (χ3v) is 2.55. The van der Waals surface area contributed by atoms with Crippen molar-refractivity contribution in [2.45, 2.75) is 19.3 Å². The fourth-order valence-corrected chi connectivity index (χ4v) is 1.69. The Bertz CT molecular complexity index is 479. The van der Waals surface area contributed by atoms with Crippen molar-refractivity contribution in [3.8, 4) is 0 Å². The molecule has 0 bridgehead atoms. The minimum Gasteiger partial charge on any atom is -0.395 e. The molecule has 0 aliphatic carbocycles. The quantitative estimate of drug-likeness (QED) is 0.440. The lowest BCUT2D eigenvalue weighted by molar-refractivity contribution is -0.402. The van der Waals surface area contributed by atoms with E-state index in [0.717, 1.165) is 23.8 Å². The van der Waals surface area contributed by atoms with Gasteiger partial charge in [0.15, 0.2) is 5.76 Å². The van der Waals surface area contributed by atoms with E-state index in [2.05, 4.69) is 0 Å². The van der Waals surface area contributed by atoms with Gasteiger partial charge < -0.3 is 4.42 Å². The number of nitrogens with zero attached hydrogens (tertiary/aromatic N) is 2. The molecular formula is C10H10N2O5. The summed E-state index contributed by atoms with van der Waals surface area (Å²) < 4.78 is 4.77. The SMILES string of the molecule is O=C1CCCCN1C(=O)c1ccc([N+](=O)[O-])o1. The second-order valence-corrected chi connectivity index (χ2v) is 3.70. The number of carbonyl (C=O) groups is 2. The average molecular weight is 238 g/mol. The van der Waals surface area contributed by atoms with Crippen LogP contribution in [0.15, 0.2) is 16.5 Å². The smallest absolute Gasteiger partial charge is 0.395 e. The molecule has 0 N–H and O–H groups in total. The highest BCUT2D eigenvalue weighted by molar-refractivity contribution is 6.03. The summed E-state index contributed by atoms with van der Waals surface area (Å²) in [6.45, 7) is 0.339. The van der Waals surface area contributed by atoms with E-state index >= 15 is 0 Å². The standard InChI is InChI=1S/C10H10N2O5/c13-8-3-1-2-6-11(8)10(14)7-4-5-9(17-7)12(15)16/h4-5H,1-3,6H2. The molecule has 2 heterocycles. The molecule has 1 aliphatic rings. The van der Waals surface area contributed by atoms with Crippen molar-refractivity contribution in [1.82, 2.24) is 4.90 Å². The molecule has 0 atom stereocenters. The molecule has 1 aromatic rings. The molecule has 0 aromatic carbocycles. The Morgan fingerprint density at radius 1 is 1.41 bits per heavy atom. The van der Waals surface area contributed by atoms with Gasteiger partial charge in [0.05, 0.1) is 6.07 Å². The van der Waals surface area contributed by atoms with E-state index < -0.39 is 16.7 Å². The summed E-state index contributed by atoms with van der Waals surface area (Å²) in [5.41, 5.74) is 0. The van der Waals surface area contributed by atoms with E-state index in [1.165, 1.54) is 6.07 Å². The van der Waals surface area contributed by atoms with E-state index in [9.17, 15) is 19.7 Å². The molecule has 0 saturated carbocycles. The maximum atomic E-state index is 11.8. The van der Waals surface area contributed by atoms with Crippen LogP contribution >= 0.6 is 0 Å². The Morgan fingerprint density at radius 3 is 2.76 bits per heavy atom. The summed E-state index contributed by atoms with van der Waals surface area (Å²) in [5.74, 6) is -1.55. The Balaban J connectivity index is 2.18. The van der Waals surface area contributed by atoms with Crippen molar-refractivity contribution in [1.29, 1.82) is 0 Å². The van der Waals surface area contributed by atoms with Gasteiger partial charge in [-0.05, 0) is 18.9 Å². The molecule has 1 aromatic heterocycles. The minimum absolute atomic E-state index is 0.174. The molecule has 0 spiro atoms. The van der Waals surface area contributed by atoms with Crippen LogP contribution in [0.1, 0.15) is 29.8 Å². The summed E-state index contributed by atoms with van der Waals surface area (Å²) in [5, 5.41) is 10.4. The fraction of sp³-hybridized carbons (Fsp3) is 0.400. The van der Waals surface area contributed by atoms with Crippen molar-refractivity contribution in [3.63, 3.8) is 0 Å². The van der Waals surface area contributed by atoms with Crippen LogP contribution in [-0.2, 0) is 4.79 Å². The highest BCUT2D eigenvalue weighted by Gasteiger charge is 2.28. The highest BCUT2D eigenvalue weighted by atomic mass is 16.6. The Labute approximate surface area is 96.1 Å².